The third-order valence-corrected chi connectivity index (χ3v) is 2.88. The first-order valence-corrected chi connectivity index (χ1v) is 5.76. The number of allylic oxidation sites excluding steroid dienone is 2. The number of rotatable bonds is 3. The molecule has 78 valence electrons. The fourth-order valence-corrected chi connectivity index (χ4v) is 2.22. The third kappa shape index (κ3) is 2.33. The Morgan fingerprint density at radius 1 is 1.60 bits per heavy atom. The van der Waals surface area contributed by atoms with Gasteiger partial charge in [0.25, 0.3) is 0 Å². The molecule has 15 heavy (non-hydrogen) atoms. The Kier molecular flexibility index (Phi) is 2.97. The Morgan fingerprint density at radius 3 is 3.20 bits per heavy atom. The van der Waals surface area contributed by atoms with Crippen LogP contribution in [0.3, 0.4) is 0 Å². The quantitative estimate of drug-likeness (QED) is 0.859. The van der Waals surface area contributed by atoms with Gasteiger partial charge in [0, 0.05) is 11.9 Å². The van der Waals surface area contributed by atoms with Crippen LogP contribution in [0.25, 0.3) is 10.3 Å². The minimum absolute atomic E-state index is 0.908. The second-order valence-corrected chi connectivity index (χ2v) is 4.24. The van der Waals surface area contributed by atoms with Gasteiger partial charge in [0.1, 0.15) is 10.3 Å². The zero-order valence-corrected chi connectivity index (χ0v) is 9.64. The van der Waals surface area contributed by atoms with Crippen LogP contribution in [-0.2, 0) is 0 Å². The van der Waals surface area contributed by atoms with E-state index in [0.29, 0.717) is 0 Å². The molecule has 0 aliphatic heterocycles. The molecule has 0 bridgehead atoms. The van der Waals surface area contributed by atoms with Crippen LogP contribution < -0.4 is 5.32 Å². The first kappa shape index (κ1) is 10.1. The Labute approximate surface area is 92.9 Å². The van der Waals surface area contributed by atoms with E-state index in [-0.39, 0.29) is 0 Å². The summed E-state index contributed by atoms with van der Waals surface area (Å²) in [7, 11) is 0. The van der Waals surface area contributed by atoms with Gasteiger partial charge < -0.3 is 5.32 Å². The summed E-state index contributed by atoms with van der Waals surface area (Å²) < 4.78 is 0. The minimum Gasteiger partial charge on any atom is -0.336 e. The smallest absolute Gasteiger partial charge is 0.189 e. The molecule has 0 spiro atoms. The molecule has 0 fully saturated rings. The third-order valence-electron chi connectivity index (χ3n) is 1.98. The zero-order chi connectivity index (χ0) is 10.7. The maximum atomic E-state index is 4.44. The summed E-state index contributed by atoms with van der Waals surface area (Å²) in [5.41, 5.74) is 2.09. The molecule has 0 atom stereocenters. The van der Waals surface area contributed by atoms with Crippen molar-refractivity contribution in [1.82, 2.24) is 9.97 Å². The Balaban J connectivity index is 2.26. The van der Waals surface area contributed by atoms with E-state index >= 15 is 0 Å². The van der Waals surface area contributed by atoms with Crippen LogP contribution in [0.2, 0.25) is 0 Å². The molecule has 0 amide bonds. The summed E-state index contributed by atoms with van der Waals surface area (Å²) >= 11 is 1.58. The van der Waals surface area contributed by atoms with Crippen LogP contribution in [0.4, 0.5) is 5.13 Å². The predicted molar refractivity (Wildman–Crippen MR) is 65.1 cm³/mol. The SMILES string of the molecule is CC/C=C(\C)Nc1nc2cccnc2s1. The number of aromatic nitrogens is 2. The lowest BCUT2D eigenvalue weighted by atomic mass is 10.4. The fourth-order valence-electron chi connectivity index (χ4n) is 1.35. The monoisotopic (exact) mass is 219 g/mol. The number of nitrogens with one attached hydrogen (secondary N) is 1. The summed E-state index contributed by atoms with van der Waals surface area (Å²) in [5, 5.41) is 4.17. The molecule has 0 saturated heterocycles. The molecular formula is C11H13N3S. The van der Waals surface area contributed by atoms with Crippen molar-refractivity contribution < 1.29 is 0 Å². The lowest BCUT2D eigenvalue weighted by Crippen LogP contribution is -1.93. The number of nitrogens with zero attached hydrogens (tertiary/aromatic N) is 2. The number of thiazole rings is 1. The largest absolute Gasteiger partial charge is 0.336 e. The van der Waals surface area contributed by atoms with Gasteiger partial charge >= 0.3 is 0 Å². The van der Waals surface area contributed by atoms with Gasteiger partial charge in [-0.2, -0.15) is 0 Å². The molecule has 1 N–H and O–H groups in total. The maximum absolute atomic E-state index is 4.44. The van der Waals surface area contributed by atoms with E-state index in [0.717, 1.165) is 27.6 Å². The van der Waals surface area contributed by atoms with E-state index in [1.807, 2.05) is 19.1 Å². The highest BCUT2D eigenvalue weighted by Crippen LogP contribution is 2.24. The molecule has 0 saturated carbocycles. The van der Waals surface area contributed by atoms with Gasteiger partial charge in [0.15, 0.2) is 5.13 Å². The van der Waals surface area contributed by atoms with E-state index < -0.39 is 0 Å². The summed E-state index contributed by atoms with van der Waals surface area (Å²) in [5.74, 6) is 0. The molecule has 0 aromatic carbocycles. The van der Waals surface area contributed by atoms with Crippen molar-refractivity contribution in [3.63, 3.8) is 0 Å². The van der Waals surface area contributed by atoms with Gasteiger partial charge in [-0.1, -0.05) is 24.3 Å². The molecule has 4 heteroatoms. The van der Waals surface area contributed by atoms with Crippen LogP contribution >= 0.6 is 11.3 Å². The van der Waals surface area contributed by atoms with Gasteiger partial charge in [-0.15, -0.1) is 0 Å². The number of fused-ring (bicyclic) bond motifs is 1. The summed E-state index contributed by atoms with van der Waals surface area (Å²) in [4.78, 5) is 9.67. The van der Waals surface area contributed by atoms with E-state index in [9.17, 15) is 0 Å². The van der Waals surface area contributed by atoms with Gasteiger partial charge in [0.05, 0.1) is 0 Å². The average Bonchev–Trinajstić information content (AvgIpc) is 2.59. The van der Waals surface area contributed by atoms with Crippen molar-refractivity contribution in [3.8, 4) is 0 Å². The Hall–Kier alpha value is -1.42. The first-order chi connectivity index (χ1) is 7.29. The van der Waals surface area contributed by atoms with E-state index in [2.05, 4.69) is 28.3 Å². The van der Waals surface area contributed by atoms with Crippen LogP contribution in [0.15, 0.2) is 30.1 Å². The van der Waals surface area contributed by atoms with Crippen molar-refractivity contribution in [1.29, 1.82) is 0 Å². The Bertz CT molecular complexity index is 454. The summed E-state index contributed by atoms with van der Waals surface area (Å²) in [6.07, 6.45) is 4.96. The minimum atomic E-state index is 0.908. The van der Waals surface area contributed by atoms with Crippen LogP contribution in [-0.4, -0.2) is 9.97 Å². The number of pyridine rings is 1. The summed E-state index contributed by atoms with van der Waals surface area (Å²) in [6.45, 7) is 4.16. The van der Waals surface area contributed by atoms with Crippen LogP contribution in [0, 0.1) is 0 Å². The van der Waals surface area contributed by atoms with Gasteiger partial charge in [0.2, 0.25) is 0 Å². The highest BCUT2D eigenvalue weighted by Gasteiger charge is 2.02. The molecule has 2 heterocycles. The highest BCUT2D eigenvalue weighted by atomic mass is 32.1. The van der Waals surface area contributed by atoms with Crippen LogP contribution in [0.1, 0.15) is 20.3 Å². The average molecular weight is 219 g/mol. The summed E-state index contributed by atoms with van der Waals surface area (Å²) in [6, 6.07) is 3.88. The second-order valence-electron chi connectivity index (χ2n) is 3.27. The number of hydrogen-bond acceptors (Lipinski definition) is 4. The lowest BCUT2D eigenvalue weighted by Gasteiger charge is -1.99. The maximum Gasteiger partial charge on any atom is 0.189 e. The first-order valence-electron chi connectivity index (χ1n) is 4.95. The molecule has 0 aliphatic carbocycles. The van der Waals surface area contributed by atoms with Gasteiger partial charge in [-0.25, -0.2) is 9.97 Å². The van der Waals surface area contributed by atoms with E-state index in [4.69, 9.17) is 0 Å². The van der Waals surface area contributed by atoms with Crippen molar-refractivity contribution >= 4 is 26.8 Å². The molecule has 0 radical (unpaired) electrons. The highest BCUT2D eigenvalue weighted by molar-refractivity contribution is 7.21. The van der Waals surface area contributed by atoms with E-state index in [1.165, 1.54) is 0 Å². The number of hydrogen-bond donors (Lipinski definition) is 1. The molecule has 2 rings (SSSR count). The van der Waals surface area contributed by atoms with Gasteiger partial charge in [-0.3, -0.25) is 0 Å². The lowest BCUT2D eigenvalue weighted by molar-refractivity contribution is 1.17. The van der Waals surface area contributed by atoms with Crippen molar-refractivity contribution in [2.45, 2.75) is 20.3 Å². The predicted octanol–water partition coefficient (Wildman–Crippen LogP) is 3.42. The molecule has 2 aromatic heterocycles. The number of anilines is 1. The molecule has 2 aromatic rings. The van der Waals surface area contributed by atoms with Crippen LogP contribution in [0.5, 0.6) is 0 Å². The molecular weight excluding hydrogens is 206 g/mol. The molecule has 0 unspecified atom stereocenters. The normalized spacial score (nSPS) is 12.0. The van der Waals surface area contributed by atoms with Crippen molar-refractivity contribution in [2.24, 2.45) is 0 Å². The zero-order valence-electron chi connectivity index (χ0n) is 8.82. The second kappa shape index (κ2) is 4.40. The van der Waals surface area contributed by atoms with Crippen molar-refractivity contribution in [2.75, 3.05) is 5.32 Å². The molecule has 0 aliphatic rings. The molecule has 3 nitrogen and oxygen atoms in total. The van der Waals surface area contributed by atoms with Crippen molar-refractivity contribution in [3.05, 3.63) is 30.1 Å². The van der Waals surface area contributed by atoms with Gasteiger partial charge in [-0.05, 0) is 25.5 Å². The Morgan fingerprint density at radius 2 is 2.47 bits per heavy atom. The van der Waals surface area contributed by atoms with E-state index in [1.54, 1.807) is 17.5 Å². The fraction of sp³-hybridized carbons (Fsp3) is 0.273. The standard InChI is InChI=1S/C11H13N3S/c1-3-5-8(2)13-11-14-9-6-4-7-12-10(9)15-11/h4-7H,3H2,1-2H3,(H,13,14)/b8-5+. The topological polar surface area (TPSA) is 37.8 Å².